The molecule has 0 bridgehead atoms. The maximum atomic E-state index is 13.1. The molecule has 35 heavy (non-hydrogen) atoms. The molecule has 0 spiro atoms. The lowest BCUT2D eigenvalue weighted by molar-refractivity contribution is -0.129. The standard InChI is InChI=1S/C24H29FN8O2/c1-5-19-23(35)33(15-21(34)30(2)3)20-12-27-24(29-22(20)31(19)4)26-10-17-11-28-32(14-17)13-16-6-8-18(25)9-7-16/h6-9,11-12,14,19H,5,10,13,15H2,1-4H3,(H,26,27,29). The maximum Gasteiger partial charge on any atom is 0.250 e. The summed E-state index contributed by atoms with van der Waals surface area (Å²) in [5.74, 6) is 0.411. The van der Waals surface area contributed by atoms with E-state index in [1.165, 1.54) is 21.9 Å². The zero-order valence-electron chi connectivity index (χ0n) is 20.3. The quantitative estimate of drug-likeness (QED) is 0.527. The second-order valence-corrected chi connectivity index (χ2v) is 8.68. The minimum atomic E-state index is -0.412. The SMILES string of the molecule is CCC1C(=O)N(CC(=O)N(C)C)c2cnc(NCc3cnn(Cc4ccc(F)cc4)c3)nc2N1C. The lowest BCUT2D eigenvalue weighted by Gasteiger charge is -2.39. The highest BCUT2D eigenvalue weighted by molar-refractivity contribution is 6.07. The summed E-state index contributed by atoms with van der Waals surface area (Å²) in [5.41, 5.74) is 2.39. The fourth-order valence-electron chi connectivity index (χ4n) is 3.94. The lowest BCUT2D eigenvalue weighted by Crippen LogP contribution is -2.54. The van der Waals surface area contributed by atoms with Crippen molar-refractivity contribution < 1.29 is 14.0 Å². The number of anilines is 3. The number of carbonyl (C=O) groups is 2. The third kappa shape index (κ3) is 5.23. The van der Waals surface area contributed by atoms with Crippen LogP contribution in [-0.2, 0) is 22.7 Å². The lowest BCUT2D eigenvalue weighted by atomic mass is 10.1. The van der Waals surface area contributed by atoms with Gasteiger partial charge in [-0.1, -0.05) is 19.1 Å². The average Bonchev–Trinajstić information content (AvgIpc) is 3.29. The molecule has 0 saturated heterocycles. The minimum Gasteiger partial charge on any atom is -0.350 e. The molecule has 1 aromatic carbocycles. The average molecular weight is 481 g/mol. The van der Waals surface area contributed by atoms with Gasteiger partial charge in [0.15, 0.2) is 5.82 Å². The number of carbonyl (C=O) groups excluding carboxylic acids is 2. The van der Waals surface area contributed by atoms with Crippen LogP contribution in [0.15, 0.2) is 42.9 Å². The highest BCUT2D eigenvalue weighted by atomic mass is 19.1. The molecule has 0 fully saturated rings. The smallest absolute Gasteiger partial charge is 0.250 e. The van der Waals surface area contributed by atoms with Gasteiger partial charge in [-0.15, -0.1) is 0 Å². The van der Waals surface area contributed by atoms with Crippen molar-refractivity contribution >= 4 is 29.3 Å². The van der Waals surface area contributed by atoms with E-state index in [2.05, 4.69) is 20.4 Å². The van der Waals surface area contributed by atoms with E-state index >= 15 is 0 Å². The molecule has 0 aliphatic carbocycles. The molecular weight excluding hydrogens is 451 g/mol. The Morgan fingerprint density at radius 3 is 2.60 bits per heavy atom. The first-order valence-electron chi connectivity index (χ1n) is 11.4. The summed E-state index contributed by atoms with van der Waals surface area (Å²) < 4.78 is 14.9. The van der Waals surface area contributed by atoms with E-state index in [1.807, 2.05) is 25.1 Å². The van der Waals surface area contributed by atoms with Crippen LogP contribution in [0.25, 0.3) is 0 Å². The molecule has 1 aliphatic rings. The number of aromatic nitrogens is 4. The largest absolute Gasteiger partial charge is 0.350 e. The third-order valence-corrected chi connectivity index (χ3v) is 5.97. The van der Waals surface area contributed by atoms with Gasteiger partial charge in [0.25, 0.3) is 0 Å². The Morgan fingerprint density at radius 1 is 1.17 bits per heavy atom. The molecule has 1 atom stereocenters. The van der Waals surface area contributed by atoms with Crippen molar-refractivity contribution in [2.75, 3.05) is 42.8 Å². The van der Waals surface area contributed by atoms with Crippen LogP contribution < -0.4 is 15.1 Å². The van der Waals surface area contributed by atoms with Crippen LogP contribution in [0.4, 0.5) is 21.8 Å². The summed E-state index contributed by atoms with van der Waals surface area (Å²) in [5, 5.41) is 7.57. The fraction of sp³-hybridized carbons (Fsp3) is 0.375. The van der Waals surface area contributed by atoms with Crippen molar-refractivity contribution in [2.45, 2.75) is 32.5 Å². The number of likely N-dealkylation sites (N-methyl/N-ethyl adjacent to an activating group) is 2. The first kappa shape index (κ1) is 24.1. The predicted octanol–water partition coefficient (Wildman–Crippen LogP) is 2.12. The van der Waals surface area contributed by atoms with Crippen LogP contribution >= 0.6 is 0 Å². The molecule has 0 radical (unpaired) electrons. The molecule has 10 nitrogen and oxygen atoms in total. The molecule has 0 saturated carbocycles. The Bertz CT molecular complexity index is 1210. The Morgan fingerprint density at radius 2 is 1.91 bits per heavy atom. The Labute approximate surface area is 203 Å². The summed E-state index contributed by atoms with van der Waals surface area (Å²) in [6.07, 6.45) is 5.82. The zero-order valence-corrected chi connectivity index (χ0v) is 20.3. The Hall–Kier alpha value is -4.02. The number of nitrogens with zero attached hydrogens (tertiary/aromatic N) is 7. The molecule has 3 aromatic rings. The number of nitrogens with one attached hydrogen (secondary N) is 1. The van der Waals surface area contributed by atoms with E-state index in [4.69, 9.17) is 0 Å². The van der Waals surface area contributed by atoms with Gasteiger partial charge < -0.3 is 15.1 Å². The monoisotopic (exact) mass is 480 g/mol. The first-order chi connectivity index (χ1) is 16.8. The molecule has 1 N–H and O–H groups in total. The van der Waals surface area contributed by atoms with Crippen LogP contribution in [0.3, 0.4) is 0 Å². The molecule has 11 heteroatoms. The summed E-state index contributed by atoms with van der Waals surface area (Å²) >= 11 is 0. The van der Waals surface area contributed by atoms with Gasteiger partial charge in [0.2, 0.25) is 17.8 Å². The van der Waals surface area contributed by atoms with Crippen LogP contribution in [0.2, 0.25) is 0 Å². The van der Waals surface area contributed by atoms with Crippen molar-refractivity contribution in [3.05, 3.63) is 59.8 Å². The van der Waals surface area contributed by atoms with Crippen molar-refractivity contribution in [1.29, 1.82) is 0 Å². The van der Waals surface area contributed by atoms with Gasteiger partial charge in [0.05, 0.1) is 18.9 Å². The van der Waals surface area contributed by atoms with E-state index < -0.39 is 6.04 Å². The number of amides is 2. The predicted molar refractivity (Wildman–Crippen MR) is 131 cm³/mol. The summed E-state index contributed by atoms with van der Waals surface area (Å²) in [7, 11) is 5.14. The van der Waals surface area contributed by atoms with Gasteiger partial charge >= 0.3 is 0 Å². The summed E-state index contributed by atoms with van der Waals surface area (Å²) in [6, 6.07) is 5.91. The number of hydrogen-bond acceptors (Lipinski definition) is 7. The van der Waals surface area contributed by atoms with Gasteiger partial charge in [-0.25, -0.2) is 9.37 Å². The van der Waals surface area contributed by atoms with Crippen LogP contribution in [-0.4, -0.2) is 70.2 Å². The van der Waals surface area contributed by atoms with E-state index in [0.717, 1.165) is 11.1 Å². The highest BCUT2D eigenvalue weighted by Gasteiger charge is 2.38. The van der Waals surface area contributed by atoms with E-state index in [0.29, 0.717) is 37.0 Å². The Kier molecular flexibility index (Phi) is 6.94. The number of rotatable bonds is 8. The van der Waals surface area contributed by atoms with Crippen molar-refractivity contribution in [3.8, 4) is 0 Å². The molecular formula is C24H29FN8O2. The van der Waals surface area contributed by atoms with Crippen LogP contribution in [0, 0.1) is 5.82 Å². The third-order valence-electron chi connectivity index (χ3n) is 5.97. The molecule has 1 aliphatic heterocycles. The molecule has 2 aromatic heterocycles. The normalized spacial score (nSPS) is 15.2. The van der Waals surface area contributed by atoms with Gasteiger partial charge in [-0.3, -0.25) is 19.2 Å². The second kappa shape index (κ2) is 10.1. The zero-order chi connectivity index (χ0) is 25.1. The van der Waals surface area contributed by atoms with Crippen molar-refractivity contribution in [1.82, 2.24) is 24.6 Å². The van der Waals surface area contributed by atoms with Gasteiger partial charge in [0.1, 0.15) is 24.1 Å². The van der Waals surface area contributed by atoms with Gasteiger partial charge in [-0.05, 0) is 24.1 Å². The van der Waals surface area contributed by atoms with Gasteiger partial charge in [0, 0.05) is 39.4 Å². The minimum absolute atomic E-state index is 0.0629. The van der Waals surface area contributed by atoms with E-state index in [9.17, 15) is 14.0 Å². The molecule has 184 valence electrons. The Balaban J connectivity index is 1.48. The van der Waals surface area contributed by atoms with Crippen molar-refractivity contribution in [3.63, 3.8) is 0 Å². The summed E-state index contributed by atoms with van der Waals surface area (Å²) in [6.45, 7) is 2.85. The van der Waals surface area contributed by atoms with Crippen LogP contribution in [0.5, 0.6) is 0 Å². The van der Waals surface area contributed by atoms with Crippen LogP contribution in [0.1, 0.15) is 24.5 Å². The maximum absolute atomic E-state index is 13.1. The molecule has 1 unspecified atom stereocenters. The number of fused-ring (bicyclic) bond motifs is 1. The first-order valence-corrected chi connectivity index (χ1v) is 11.4. The molecule has 4 rings (SSSR count). The van der Waals surface area contributed by atoms with Crippen molar-refractivity contribution in [2.24, 2.45) is 0 Å². The number of hydrogen-bond donors (Lipinski definition) is 1. The molecule has 2 amide bonds. The summed E-state index contributed by atoms with van der Waals surface area (Å²) in [4.78, 5) is 39.2. The van der Waals surface area contributed by atoms with Gasteiger partial charge in [-0.2, -0.15) is 10.1 Å². The number of benzene rings is 1. The fourth-order valence-corrected chi connectivity index (χ4v) is 3.94. The second-order valence-electron chi connectivity index (χ2n) is 8.68. The van der Waals surface area contributed by atoms with E-state index in [-0.39, 0.29) is 24.2 Å². The highest BCUT2D eigenvalue weighted by Crippen LogP contribution is 2.34. The number of halogens is 1. The molecule has 3 heterocycles. The van der Waals surface area contributed by atoms with E-state index in [1.54, 1.807) is 43.3 Å². The topological polar surface area (TPSA) is 99.5 Å².